The van der Waals surface area contributed by atoms with Gasteiger partial charge in [-0.3, -0.25) is 0 Å². The summed E-state index contributed by atoms with van der Waals surface area (Å²) in [4.78, 5) is 0. The fourth-order valence-corrected chi connectivity index (χ4v) is 1.74. The van der Waals surface area contributed by atoms with E-state index < -0.39 is 11.6 Å². The molecule has 0 saturated carbocycles. The molecule has 1 aliphatic rings. The molecule has 1 N–H and O–H groups in total. The second kappa shape index (κ2) is 4.76. The third-order valence-corrected chi connectivity index (χ3v) is 2.55. The first-order valence-electron chi connectivity index (χ1n) is 5.07. The zero-order valence-electron chi connectivity index (χ0n) is 8.93. The molecule has 0 radical (unpaired) electrons. The predicted molar refractivity (Wildman–Crippen MR) is 54.5 cm³/mol. The monoisotopic (exact) mass is 229 g/mol. The van der Waals surface area contributed by atoms with Crippen molar-refractivity contribution in [1.82, 2.24) is 5.32 Å². The molecule has 5 heteroatoms. The summed E-state index contributed by atoms with van der Waals surface area (Å²) in [6.45, 7) is 1.89. The summed E-state index contributed by atoms with van der Waals surface area (Å²) in [5, 5.41) is 3.12. The summed E-state index contributed by atoms with van der Waals surface area (Å²) in [7, 11) is 1.42. The minimum atomic E-state index is -0.913. The fourth-order valence-electron chi connectivity index (χ4n) is 1.74. The van der Waals surface area contributed by atoms with Crippen molar-refractivity contribution in [1.29, 1.82) is 0 Å². The molecule has 1 saturated heterocycles. The van der Waals surface area contributed by atoms with E-state index in [4.69, 9.17) is 9.47 Å². The highest BCUT2D eigenvalue weighted by Crippen LogP contribution is 2.30. The van der Waals surface area contributed by atoms with Gasteiger partial charge in [-0.05, 0) is 6.07 Å². The highest BCUT2D eigenvalue weighted by molar-refractivity contribution is 5.37. The molecule has 2 rings (SSSR count). The Kier molecular flexibility index (Phi) is 3.36. The van der Waals surface area contributed by atoms with Crippen molar-refractivity contribution < 1.29 is 18.3 Å². The van der Waals surface area contributed by atoms with Crippen LogP contribution in [-0.4, -0.2) is 26.8 Å². The Morgan fingerprint density at radius 1 is 1.38 bits per heavy atom. The SMILES string of the molecule is COc1cc(F)c(F)cc1C1CNCCO1. The van der Waals surface area contributed by atoms with Crippen LogP contribution in [0.1, 0.15) is 11.7 Å². The summed E-state index contributed by atoms with van der Waals surface area (Å²) in [5.74, 6) is -1.48. The number of benzene rings is 1. The Balaban J connectivity index is 2.33. The van der Waals surface area contributed by atoms with E-state index in [0.29, 0.717) is 24.5 Å². The molecule has 0 bridgehead atoms. The molecule has 1 aliphatic heterocycles. The van der Waals surface area contributed by atoms with Gasteiger partial charge in [-0.15, -0.1) is 0 Å². The summed E-state index contributed by atoms with van der Waals surface area (Å²) >= 11 is 0. The number of halogens is 2. The largest absolute Gasteiger partial charge is 0.496 e. The van der Waals surface area contributed by atoms with Crippen molar-refractivity contribution in [3.05, 3.63) is 29.3 Å². The average molecular weight is 229 g/mol. The molecule has 1 heterocycles. The van der Waals surface area contributed by atoms with Crippen LogP contribution < -0.4 is 10.1 Å². The summed E-state index contributed by atoms with van der Waals surface area (Å²) in [5.41, 5.74) is 0.536. The van der Waals surface area contributed by atoms with Gasteiger partial charge in [0, 0.05) is 24.7 Å². The number of nitrogens with one attached hydrogen (secondary N) is 1. The van der Waals surface area contributed by atoms with Gasteiger partial charge in [0.25, 0.3) is 0 Å². The van der Waals surface area contributed by atoms with E-state index in [2.05, 4.69) is 5.32 Å². The zero-order valence-corrected chi connectivity index (χ0v) is 8.93. The lowest BCUT2D eigenvalue weighted by Gasteiger charge is -2.25. The highest BCUT2D eigenvalue weighted by atomic mass is 19.2. The molecular formula is C11H13F2NO2. The van der Waals surface area contributed by atoms with Gasteiger partial charge in [0.05, 0.1) is 19.8 Å². The lowest BCUT2D eigenvalue weighted by atomic mass is 10.1. The van der Waals surface area contributed by atoms with Crippen LogP contribution in [0.25, 0.3) is 0 Å². The Morgan fingerprint density at radius 3 is 2.75 bits per heavy atom. The van der Waals surface area contributed by atoms with E-state index in [0.717, 1.165) is 18.7 Å². The first-order chi connectivity index (χ1) is 7.72. The van der Waals surface area contributed by atoms with Crippen LogP contribution in [0.15, 0.2) is 12.1 Å². The number of hydrogen-bond donors (Lipinski definition) is 1. The molecule has 1 unspecified atom stereocenters. The van der Waals surface area contributed by atoms with Gasteiger partial charge in [0.15, 0.2) is 11.6 Å². The molecule has 16 heavy (non-hydrogen) atoms. The normalized spacial score (nSPS) is 20.8. The maximum absolute atomic E-state index is 13.1. The Morgan fingerprint density at radius 2 is 2.12 bits per heavy atom. The van der Waals surface area contributed by atoms with Gasteiger partial charge in [-0.2, -0.15) is 0 Å². The predicted octanol–water partition coefficient (Wildman–Crippen LogP) is 1.63. The van der Waals surface area contributed by atoms with Crippen LogP contribution in [-0.2, 0) is 4.74 Å². The van der Waals surface area contributed by atoms with Gasteiger partial charge >= 0.3 is 0 Å². The van der Waals surface area contributed by atoms with E-state index in [9.17, 15) is 8.78 Å². The molecule has 1 aromatic rings. The van der Waals surface area contributed by atoms with E-state index in [1.54, 1.807) is 0 Å². The van der Waals surface area contributed by atoms with Crippen molar-refractivity contribution in [3.63, 3.8) is 0 Å². The number of morpholine rings is 1. The number of rotatable bonds is 2. The van der Waals surface area contributed by atoms with Crippen LogP contribution in [0.3, 0.4) is 0 Å². The lowest BCUT2D eigenvalue weighted by Crippen LogP contribution is -2.33. The van der Waals surface area contributed by atoms with Gasteiger partial charge in [-0.25, -0.2) is 8.78 Å². The second-order valence-electron chi connectivity index (χ2n) is 3.57. The standard InChI is InChI=1S/C11H13F2NO2/c1-15-10-5-9(13)8(12)4-7(10)11-6-14-2-3-16-11/h4-5,11,14H,2-3,6H2,1H3. The lowest BCUT2D eigenvalue weighted by molar-refractivity contribution is 0.0260. The van der Waals surface area contributed by atoms with Gasteiger partial charge in [0.1, 0.15) is 5.75 Å². The molecule has 0 aliphatic carbocycles. The Labute approximate surface area is 92.4 Å². The van der Waals surface area contributed by atoms with Crippen molar-refractivity contribution in [2.24, 2.45) is 0 Å². The molecule has 0 amide bonds. The summed E-state index contributed by atoms with van der Waals surface area (Å²) in [6.07, 6.45) is -0.293. The molecule has 1 fully saturated rings. The smallest absolute Gasteiger partial charge is 0.162 e. The number of ether oxygens (including phenoxy) is 2. The van der Waals surface area contributed by atoms with Gasteiger partial charge in [0.2, 0.25) is 0 Å². The highest BCUT2D eigenvalue weighted by Gasteiger charge is 2.21. The zero-order chi connectivity index (χ0) is 11.5. The third-order valence-electron chi connectivity index (χ3n) is 2.55. The van der Waals surface area contributed by atoms with Crippen molar-refractivity contribution >= 4 is 0 Å². The van der Waals surface area contributed by atoms with E-state index in [1.165, 1.54) is 7.11 Å². The van der Waals surface area contributed by atoms with Crippen molar-refractivity contribution in [2.45, 2.75) is 6.10 Å². The average Bonchev–Trinajstić information content (AvgIpc) is 2.33. The van der Waals surface area contributed by atoms with Gasteiger partial charge < -0.3 is 14.8 Å². The molecule has 88 valence electrons. The van der Waals surface area contributed by atoms with Gasteiger partial charge in [-0.1, -0.05) is 0 Å². The van der Waals surface area contributed by atoms with Crippen LogP contribution in [0.4, 0.5) is 8.78 Å². The maximum Gasteiger partial charge on any atom is 0.162 e. The van der Waals surface area contributed by atoms with Crippen molar-refractivity contribution in [3.8, 4) is 5.75 Å². The van der Waals surface area contributed by atoms with E-state index in [-0.39, 0.29) is 6.10 Å². The molecular weight excluding hydrogens is 216 g/mol. The van der Waals surface area contributed by atoms with Crippen LogP contribution in [0.5, 0.6) is 5.75 Å². The minimum absolute atomic E-state index is 0.293. The quantitative estimate of drug-likeness (QED) is 0.836. The molecule has 1 aromatic carbocycles. The molecule has 0 spiro atoms. The Bertz CT molecular complexity index is 378. The van der Waals surface area contributed by atoms with Crippen LogP contribution >= 0.6 is 0 Å². The number of methoxy groups -OCH3 is 1. The molecule has 3 nitrogen and oxygen atoms in total. The van der Waals surface area contributed by atoms with Crippen LogP contribution in [0, 0.1) is 11.6 Å². The maximum atomic E-state index is 13.1. The summed E-state index contributed by atoms with van der Waals surface area (Å²) < 4.78 is 36.6. The van der Waals surface area contributed by atoms with Crippen molar-refractivity contribution in [2.75, 3.05) is 26.8 Å². The van der Waals surface area contributed by atoms with E-state index >= 15 is 0 Å². The van der Waals surface area contributed by atoms with E-state index in [1.807, 2.05) is 0 Å². The minimum Gasteiger partial charge on any atom is -0.496 e. The summed E-state index contributed by atoms with van der Waals surface area (Å²) in [6, 6.07) is 2.18. The molecule has 0 aromatic heterocycles. The third kappa shape index (κ3) is 2.15. The fraction of sp³-hybridized carbons (Fsp3) is 0.455. The number of hydrogen-bond acceptors (Lipinski definition) is 3. The second-order valence-corrected chi connectivity index (χ2v) is 3.57. The topological polar surface area (TPSA) is 30.5 Å². The first kappa shape index (κ1) is 11.3. The van der Waals surface area contributed by atoms with Crippen LogP contribution in [0.2, 0.25) is 0 Å². The molecule has 1 atom stereocenters. The first-order valence-corrected chi connectivity index (χ1v) is 5.07. The Hall–Kier alpha value is -1.20.